The molecule has 3 fully saturated rings. The minimum Gasteiger partial charge on any atom is -0.265 e. The van der Waals surface area contributed by atoms with Crippen LogP contribution in [0.15, 0.2) is 42.2 Å². The predicted molar refractivity (Wildman–Crippen MR) is 154 cm³/mol. The third kappa shape index (κ3) is 6.55. The number of allylic oxidation sites excluding steroid dienone is 1. The number of fused-ring (bicyclic) bond motifs is 5. The van der Waals surface area contributed by atoms with Gasteiger partial charge in [-0.3, -0.25) is 9.54 Å². The lowest BCUT2D eigenvalue weighted by molar-refractivity contribution is -0.0560. The van der Waals surface area contributed by atoms with E-state index in [0.717, 1.165) is 42.4 Å². The summed E-state index contributed by atoms with van der Waals surface area (Å²) in [5, 5.41) is 0. The van der Waals surface area contributed by atoms with Crippen LogP contribution in [-0.4, -0.2) is 24.1 Å². The molecule has 5 rings (SSSR count). The Morgan fingerprint density at radius 3 is 2.34 bits per heavy atom. The van der Waals surface area contributed by atoms with Crippen molar-refractivity contribution in [3.63, 3.8) is 0 Å². The summed E-state index contributed by atoms with van der Waals surface area (Å²) < 4.78 is 36.6. The Bertz CT molecular complexity index is 1010. The van der Waals surface area contributed by atoms with Gasteiger partial charge < -0.3 is 0 Å². The smallest absolute Gasteiger partial charge is 0.265 e. The molecule has 38 heavy (non-hydrogen) atoms. The van der Waals surface area contributed by atoms with Crippen LogP contribution in [0.2, 0.25) is 0 Å². The van der Waals surface area contributed by atoms with Gasteiger partial charge in [-0.15, -0.1) is 0 Å². The molecule has 1 heterocycles. The summed E-state index contributed by atoms with van der Waals surface area (Å²) in [6, 6.07) is 5.72. The van der Waals surface area contributed by atoms with E-state index in [9.17, 15) is 8.42 Å². The van der Waals surface area contributed by atoms with E-state index in [4.69, 9.17) is 8.74 Å². The summed E-state index contributed by atoms with van der Waals surface area (Å²) >= 11 is 0. The molecule has 0 aromatic carbocycles. The summed E-state index contributed by atoms with van der Waals surface area (Å²) in [5.41, 5.74) is 2.05. The molecule has 1 aromatic rings. The fraction of sp³-hybridized carbons (Fsp3) is 0.781. The molecule has 5 nitrogen and oxygen atoms in total. The van der Waals surface area contributed by atoms with E-state index in [1.54, 1.807) is 12.4 Å². The van der Waals surface area contributed by atoms with Crippen LogP contribution < -0.4 is 0 Å². The van der Waals surface area contributed by atoms with Crippen LogP contribution in [0, 0.1) is 46.3 Å². The lowest BCUT2D eigenvalue weighted by Crippen LogP contribution is -2.51. The molecule has 214 valence electrons. The quantitative estimate of drug-likeness (QED) is 0.275. The average molecular weight is 546 g/mol. The molecule has 4 aliphatic carbocycles. The Morgan fingerprint density at radius 1 is 1.00 bits per heavy atom. The fourth-order valence-electron chi connectivity index (χ4n) is 9.22. The highest BCUT2D eigenvalue weighted by molar-refractivity contribution is 7.80. The van der Waals surface area contributed by atoms with Crippen LogP contribution >= 0.6 is 0 Å². The fourth-order valence-corrected chi connectivity index (χ4v) is 9.73. The largest absolute Gasteiger partial charge is 0.397 e. The first kappa shape index (κ1) is 29.7. The SMILES string of the molecule is CC(C)CCCC(C)[C@H]1CC[C@H]2[C@@H]3CC=C4C[C@@H](OS(=O)(=O)O)CC[C@]4(C)[C@H]3CC[C@]12C.c1ccncc1. The molecule has 1 unspecified atom stereocenters. The number of nitrogens with zero attached hydrogens (tertiary/aromatic N) is 1. The van der Waals surface area contributed by atoms with Crippen LogP contribution in [0.4, 0.5) is 0 Å². The van der Waals surface area contributed by atoms with Crippen molar-refractivity contribution in [2.75, 3.05) is 0 Å². The summed E-state index contributed by atoms with van der Waals surface area (Å²) in [6.45, 7) is 12.3. The number of hydrogen-bond acceptors (Lipinski definition) is 4. The molecular weight excluding hydrogens is 494 g/mol. The van der Waals surface area contributed by atoms with Crippen LogP contribution in [0.25, 0.3) is 0 Å². The van der Waals surface area contributed by atoms with E-state index in [-0.39, 0.29) is 5.41 Å². The Balaban J connectivity index is 0.000000494. The van der Waals surface area contributed by atoms with Crippen molar-refractivity contribution in [1.82, 2.24) is 4.98 Å². The lowest BCUT2D eigenvalue weighted by atomic mass is 9.47. The highest BCUT2D eigenvalue weighted by Gasteiger charge is 2.59. The number of pyridine rings is 1. The number of aromatic nitrogens is 1. The second kappa shape index (κ2) is 12.1. The summed E-state index contributed by atoms with van der Waals surface area (Å²) in [6.07, 6.45) is 18.6. The zero-order chi connectivity index (χ0) is 27.6. The van der Waals surface area contributed by atoms with Crippen molar-refractivity contribution >= 4 is 10.4 Å². The Morgan fingerprint density at radius 2 is 1.74 bits per heavy atom. The molecule has 0 amide bonds. The molecule has 8 atom stereocenters. The molecule has 3 saturated carbocycles. The molecule has 0 radical (unpaired) electrons. The first-order chi connectivity index (χ1) is 17.9. The topological polar surface area (TPSA) is 76.5 Å². The van der Waals surface area contributed by atoms with Gasteiger partial charge in [0.1, 0.15) is 0 Å². The molecular formula is C32H51NO4S. The van der Waals surface area contributed by atoms with Crippen molar-refractivity contribution in [3.05, 3.63) is 42.2 Å². The molecule has 1 N–H and O–H groups in total. The second-order valence-electron chi connectivity index (χ2n) is 13.7. The standard InChI is InChI=1S/C27H46O4S.C5H5N/c1-18(2)7-6-8-19(3)23-11-12-24-22-10-9-20-17-21(31-32(28,29)30)13-15-26(20,4)25(22)14-16-27(23,24)5;1-2-4-6-5-3-1/h9,18-19,21-25H,6-8,10-17H2,1-5H3,(H,28,29,30);1-5H/t19?,21-,22-,23+,24-,25-,26-,27+;/m0./s1. The van der Waals surface area contributed by atoms with Gasteiger partial charge in [-0.2, -0.15) is 8.42 Å². The minimum absolute atomic E-state index is 0.171. The molecule has 1 aromatic heterocycles. The monoisotopic (exact) mass is 545 g/mol. The predicted octanol–water partition coefficient (Wildman–Crippen LogP) is 8.30. The highest BCUT2D eigenvalue weighted by atomic mass is 32.3. The number of hydrogen-bond donors (Lipinski definition) is 1. The van der Waals surface area contributed by atoms with E-state index < -0.39 is 16.5 Å². The van der Waals surface area contributed by atoms with Crippen LogP contribution in [0.3, 0.4) is 0 Å². The van der Waals surface area contributed by atoms with Crippen molar-refractivity contribution in [2.24, 2.45) is 46.3 Å². The third-order valence-corrected chi connectivity index (χ3v) is 11.6. The summed E-state index contributed by atoms with van der Waals surface area (Å²) in [4.78, 5) is 3.78. The summed E-state index contributed by atoms with van der Waals surface area (Å²) in [5.74, 6) is 4.83. The van der Waals surface area contributed by atoms with E-state index in [2.05, 4.69) is 45.7 Å². The van der Waals surface area contributed by atoms with Crippen molar-refractivity contribution < 1.29 is 17.2 Å². The first-order valence-corrected chi connectivity index (χ1v) is 16.5. The van der Waals surface area contributed by atoms with Gasteiger partial charge in [-0.1, -0.05) is 71.6 Å². The first-order valence-electron chi connectivity index (χ1n) is 15.1. The Kier molecular flexibility index (Phi) is 9.47. The average Bonchev–Trinajstić information content (AvgIpc) is 3.22. The van der Waals surface area contributed by atoms with Crippen LogP contribution in [-0.2, 0) is 14.6 Å². The third-order valence-electron chi connectivity index (χ3n) is 11.1. The molecule has 0 saturated heterocycles. The van der Waals surface area contributed by atoms with Crippen molar-refractivity contribution in [2.45, 2.75) is 111 Å². The molecule has 0 bridgehead atoms. The Hall–Kier alpha value is -1.24. The van der Waals surface area contributed by atoms with Gasteiger partial charge in [0.05, 0.1) is 6.10 Å². The van der Waals surface area contributed by atoms with Crippen LogP contribution in [0.5, 0.6) is 0 Å². The maximum atomic E-state index is 11.2. The maximum Gasteiger partial charge on any atom is 0.397 e. The Labute approximate surface area is 232 Å². The zero-order valence-electron chi connectivity index (χ0n) is 24.3. The van der Waals surface area contributed by atoms with E-state index in [1.165, 1.54) is 50.5 Å². The van der Waals surface area contributed by atoms with Gasteiger partial charge in [0, 0.05) is 12.4 Å². The molecule has 0 aliphatic heterocycles. The maximum absolute atomic E-state index is 11.2. The van der Waals surface area contributed by atoms with E-state index >= 15 is 0 Å². The normalized spacial score (nSPS) is 37.2. The molecule has 4 aliphatic rings. The van der Waals surface area contributed by atoms with Gasteiger partial charge in [-0.25, -0.2) is 4.18 Å². The number of rotatable bonds is 7. The van der Waals surface area contributed by atoms with Gasteiger partial charge in [0.25, 0.3) is 0 Å². The van der Waals surface area contributed by atoms with Gasteiger partial charge in [-0.05, 0) is 110 Å². The molecule has 0 spiro atoms. The molecule has 6 heteroatoms. The van der Waals surface area contributed by atoms with Gasteiger partial charge >= 0.3 is 10.4 Å². The van der Waals surface area contributed by atoms with Crippen molar-refractivity contribution in [3.8, 4) is 0 Å². The van der Waals surface area contributed by atoms with Gasteiger partial charge in [0.15, 0.2) is 0 Å². The zero-order valence-corrected chi connectivity index (χ0v) is 25.1. The second-order valence-corrected chi connectivity index (χ2v) is 14.8. The van der Waals surface area contributed by atoms with Crippen molar-refractivity contribution in [1.29, 1.82) is 0 Å². The van der Waals surface area contributed by atoms with Crippen LogP contribution in [0.1, 0.15) is 105 Å². The minimum atomic E-state index is -4.38. The van der Waals surface area contributed by atoms with E-state index in [1.807, 2.05) is 18.2 Å². The van der Waals surface area contributed by atoms with Gasteiger partial charge in [0.2, 0.25) is 0 Å². The summed E-state index contributed by atoms with van der Waals surface area (Å²) in [7, 11) is -4.38. The highest BCUT2D eigenvalue weighted by Crippen LogP contribution is 2.67. The lowest BCUT2D eigenvalue weighted by Gasteiger charge is -2.58. The van der Waals surface area contributed by atoms with E-state index in [0.29, 0.717) is 24.2 Å².